The van der Waals surface area contributed by atoms with E-state index in [1.165, 1.54) is 0 Å². The lowest BCUT2D eigenvalue weighted by Crippen LogP contribution is -2.27. The van der Waals surface area contributed by atoms with Crippen molar-refractivity contribution < 1.29 is 23.7 Å². The lowest BCUT2D eigenvalue weighted by molar-refractivity contribution is -0.117. The Kier molecular flexibility index (Phi) is 6.99. The molecule has 0 saturated carbocycles. The van der Waals surface area contributed by atoms with Crippen LogP contribution in [0.5, 0.6) is 17.2 Å². The van der Waals surface area contributed by atoms with Crippen LogP contribution in [-0.4, -0.2) is 49.4 Å². The van der Waals surface area contributed by atoms with Gasteiger partial charge in [0, 0.05) is 23.6 Å². The van der Waals surface area contributed by atoms with Crippen LogP contribution in [-0.2, 0) is 9.53 Å². The van der Waals surface area contributed by atoms with E-state index in [1.807, 2.05) is 25.1 Å². The number of ether oxygens (including phenoxy) is 4. The van der Waals surface area contributed by atoms with Gasteiger partial charge in [0.1, 0.15) is 29.1 Å². The summed E-state index contributed by atoms with van der Waals surface area (Å²) in [4.78, 5) is 20.3. The fraction of sp³-hybridized carbons (Fsp3) is 0.320. The molecule has 34 heavy (non-hydrogen) atoms. The highest BCUT2D eigenvalue weighted by molar-refractivity contribution is 6.03. The van der Waals surface area contributed by atoms with Crippen molar-refractivity contribution >= 4 is 23.0 Å². The lowest BCUT2D eigenvalue weighted by Gasteiger charge is -2.16. The molecule has 1 amide bonds. The third kappa shape index (κ3) is 4.97. The maximum Gasteiger partial charge on any atom is 0.262 e. The quantitative estimate of drug-likeness (QED) is 0.388. The predicted octanol–water partition coefficient (Wildman–Crippen LogP) is 3.53. The molecule has 3 aromatic rings. The van der Waals surface area contributed by atoms with Crippen LogP contribution in [0.4, 0.5) is 0 Å². The molecule has 0 aliphatic carbocycles. The van der Waals surface area contributed by atoms with Crippen molar-refractivity contribution in [3.63, 3.8) is 0 Å². The molecule has 4 rings (SSSR count). The SMILES string of the molecule is COc1ccc([C@@H](C)NC(=O)/C(C#N)=C/c2c[nH]c3ncc(O[C@H]4CCOC4)cc23)cc1OC. The minimum absolute atomic E-state index is 0.00398. The van der Waals surface area contributed by atoms with Gasteiger partial charge in [-0.1, -0.05) is 6.07 Å². The number of benzene rings is 1. The molecule has 0 radical (unpaired) electrons. The summed E-state index contributed by atoms with van der Waals surface area (Å²) in [6.45, 7) is 3.07. The molecule has 0 bridgehead atoms. The summed E-state index contributed by atoms with van der Waals surface area (Å²) >= 11 is 0. The number of hydrogen-bond acceptors (Lipinski definition) is 7. The molecule has 2 N–H and O–H groups in total. The van der Waals surface area contributed by atoms with Crippen molar-refractivity contribution in [2.45, 2.75) is 25.5 Å². The molecule has 1 saturated heterocycles. The first kappa shape index (κ1) is 23.1. The van der Waals surface area contributed by atoms with E-state index in [-0.39, 0.29) is 17.7 Å². The minimum atomic E-state index is -0.484. The summed E-state index contributed by atoms with van der Waals surface area (Å²) in [7, 11) is 3.11. The van der Waals surface area contributed by atoms with Crippen molar-refractivity contribution in [1.29, 1.82) is 5.26 Å². The van der Waals surface area contributed by atoms with E-state index in [2.05, 4.69) is 15.3 Å². The fourth-order valence-electron chi connectivity index (χ4n) is 3.77. The van der Waals surface area contributed by atoms with Crippen molar-refractivity contribution in [1.82, 2.24) is 15.3 Å². The monoisotopic (exact) mass is 462 g/mol. The van der Waals surface area contributed by atoms with E-state index in [4.69, 9.17) is 18.9 Å². The maximum atomic E-state index is 12.9. The standard InChI is InChI=1S/C25H26N4O5/c1-15(16-4-5-22(31-2)23(9-16)32-3)29-25(30)17(11-26)8-18-12-27-24-21(18)10-20(13-28-24)34-19-6-7-33-14-19/h4-5,8-10,12-13,15,19H,6-7,14H2,1-3H3,(H,27,28)(H,29,30)/b17-8+/t15-,19+/m1/s1. The lowest BCUT2D eigenvalue weighted by atomic mass is 10.1. The zero-order chi connectivity index (χ0) is 24.1. The predicted molar refractivity (Wildman–Crippen MR) is 126 cm³/mol. The van der Waals surface area contributed by atoms with Crippen LogP contribution in [0.25, 0.3) is 17.1 Å². The number of fused-ring (bicyclic) bond motifs is 1. The molecule has 1 aromatic carbocycles. The van der Waals surface area contributed by atoms with Crippen LogP contribution in [0.3, 0.4) is 0 Å². The Balaban J connectivity index is 1.53. The number of nitrogens with one attached hydrogen (secondary N) is 2. The molecule has 0 unspecified atom stereocenters. The average Bonchev–Trinajstić information content (AvgIpc) is 3.51. The molecule has 1 fully saturated rings. The van der Waals surface area contributed by atoms with Crippen molar-refractivity contribution in [2.75, 3.05) is 27.4 Å². The van der Waals surface area contributed by atoms with E-state index in [0.29, 0.717) is 41.7 Å². The first-order valence-corrected chi connectivity index (χ1v) is 10.9. The van der Waals surface area contributed by atoms with Gasteiger partial charge < -0.3 is 29.2 Å². The van der Waals surface area contributed by atoms with Gasteiger partial charge in [-0.25, -0.2) is 4.98 Å². The van der Waals surface area contributed by atoms with Crippen LogP contribution >= 0.6 is 0 Å². The van der Waals surface area contributed by atoms with Gasteiger partial charge >= 0.3 is 0 Å². The summed E-state index contributed by atoms with van der Waals surface area (Å²) in [5, 5.41) is 13.3. The molecular weight excluding hydrogens is 436 g/mol. The number of nitrogens with zero attached hydrogens (tertiary/aromatic N) is 2. The second-order valence-electron chi connectivity index (χ2n) is 7.89. The van der Waals surface area contributed by atoms with Crippen molar-refractivity contribution in [3.05, 3.63) is 53.4 Å². The highest BCUT2D eigenvalue weighted by Crippen LogP contribution is 2.30. The van der Waals surface area contributed by atoms with Gasteiger partial charge in [-0.2, -0.15) is 5.26 Å². The Labute approximate surface area is 197 Å². The van der Waals surface area contributed by atoms with Gasteiger partial charge in [0.25, 0.3) is 5.91 Å². The highest BCUT2D eigenvalue weighted by atomic mass is 16.5. The van der Waals surface area contributed by atoms with E-state index < -0.39 is 5.91 Å². The van der Waals surface area contributed by atoms with Gasteiger partial charge in [0.15, 0.2) is 11.5 Å². The number of aromatic amines is 1. The highest BCUT2D eigenvalue weighted by Gasteiger charge is 2.19. The summed E-state index contributed by atoms with van der Waals surface area (Å²) in [6.07, 6.45) is 5.72. The number of H-pyrrole nitrogens is 1. The molecule has 176 valence electrons. The van der Waals surface area contributed by atoms with Crippen LogP contribution < -0.4 is 19.5 Å². The third-order valence-electron chi connectivity index (χ3n) is 5.65. The van der Waals surface area contributed by atoms with Gasteiger partial charge in [0.05, 0.1) is 39.7 Å². The summed E-state index contributed by atoms with van der Waals surface area (Å²) in [5.41, 5.74) is 2.10. The van der Waals surface area contributed by atoms with E-state index >= 15 is 0 Å². The molecule has 9 heteroatoms. The molecule has 2 aromatic heterocycles. The van der Waals surface area contributed by atoms with Crippen LogP contribution in [0.15, 0.2) is 42.2 Å². The number of methoxy groups -OCH3 is 2. The average molecular weight is 463 g/mol. The molecule has 1 aliphatic rings. The van der Waals surface area contributed by atoms with Gasteiger partial charge in [-0.15, -0.1) is 0 Å². The zero-order valence-corrected chi connectivity index (χ0v) is 19.3. The molecule has 0 spiro atoms. The van der Waals surface area contributed by atoms with Crippen molar-refractivity contribution in [2.24, 2.45) is 0 Å². The smallest absolute Gasteiger partial charge is 0.262 e. The van der Waals surface area contributed by atoms with E-state index in [0.717, 1.165) is 17.4 Å². The zero-order valence-electron chi connectivity index (χ0n) is 19.3. The summed E-state index contributed by atoms with van der Waals surface area (Å²) < 4.78 is 21.9. The number of hydrogen-bond donors (Lipinski definition) is 2. The molecule has 3 heterocycles. The Morgan fingerprint density at radius 2 is 2.15 bits per heavy atom. The number of pyridine rings is 1. The van der Waals surface area contributed by atoms with Gasteiger partial charge in [-0.3, -0.25) is 4.79 Å². The topological polar surface area (TPSA) is 118 Å². The van der Waals surface area contributed by atoms with Gasteiger partial charge in [0.2, 0.25) is 0 Å². The molecule has 1 aliphatic heterocycles. The summed E-state index contributed by atoms with van der Waals surface area (Å²) in [5.74, 6) is 1.29. The second-order valence-corrected chi connectivity index (χ2v) is 7.89. The number of carbonyl (C=O) groups is 1. The number of rotatable bonds is 8. The fourth-order valence-corrected chi connectivity index (χ4v) is 3.77. The first-order valence-electron chi connectivity index (χ1n) is 10.9. The number of aromatic nitrogens is 2. The Hall–Kier alpha value is -4.03. The Morgan fingerprint density at radius 1 is 1.32 bits per heavy atom. The summed E-state index contributed by atoms with van der Waals surface area (Å²) in [6, 6.07) is 8.89. The molecular formula is C25H26N4O5. The van der Waals surface area contributed by atoms with Crippen LogP contribution in [0.2, 0.25) is 0 Å². The molecule has 2 atom stereocenters. The number of amides is 1. The number of nitriles is 1. The van der Waals surface area contributed by atoms with Crippen LogP contribution in [0.1, 0.15) is 30.5 Å². The first-order chi connectivity index (χ1) is 16.5. The van der Waals surface area contributed by atoms with Crippen molar-refractivity contribution in [3.8, 4) is 23.3 Å². The second kappa shape index (κ2) is 10.3. The number of carbonyl (C=O) groups excluding carboxylic acids is 1. The Morgan fingerprint density at radius 3 is 2.85 bits per heavy atom. The normalized spacial score (nSPS) is 16.6. The van der Waals surface area contributed by atoms with Gasteiger partial charge in [-0.05, 0) is 36.8 Å². The molecule has 9 nitrogen and oxygen atoms in total. The minimum Gasteiger partial charge on any atom is -0.493 e. The Bertz CT molecular complexity index is 1250. The maximum absolute atomic E-state index is 12.9. The third-order valence-corrected chi connectivity index (χ3v) is 5.65. The van der Waals surface area contributed by atoms with E-state index in [1.54, 1.807) is 44.8 Å². The largest absolute Gasteiger partial charge is 0.493 e. The van der Waals surface area contributed by atoms with Crippen LogP contribution in [0, 0.1) is 11.3 Å². The van der Waals surface area contributed by atoms with E-state index in [9.17, 15) is 10.1 Å².